The van der Waals surface area contributed by atoms with Crippen LogP contribution in [0.25, 0.3) is 0 Å². The summed E-state index contributed by atoms with van der Waals surface area (Å²) >= 11 is 0. The second-order valence-corrected chi connectivity index (χ2v) is 20.4. The molecule has 2 aromatic rings. The van der Waals surface area contributed by atoms with Gasteiger partial charge in [0.1, 0.15) is 11.5 Å². The normalized spacial score (nSPS) is 14.0. The summed E-state index contributed by atoms with van der Waals surface area (Å²) in [5, 5.41) is 0. The number of likely N-dealkylation sites (N-methyl/N-ethyl adjacent to an activating group) is 1. The molecule has 0 heterocycles. The highest BCUT2D eigenvalue weighted by atomic mass is 31.2. The van der Waals surface area contributed by atoms with Crippen LogP contribution in [-0.2, 0) is 37.0 Å². The number of benzene rings is 2. The Hall–Kier alpha value is -1.61. The van der Waals surface area contributed by atoms with Gasteiger partial charge in [-0.3, -0.25) is 4.52 Å². The van der Waals surface area contributed by atoms with Crippen LogP contribution in [-0.4, -0.2) is 32.1 Å². The minimum Gasteiger partial charge on any atom is -0.417 e. The maximum atomic E-state index is 7.12. The van der Waals surface area contributed by atoms with Crippen LogP contribution in [0.4, 0.5) is 0 Å². The van der Waals surface area contributed by atoms with E-state index in [0.29, 0.717) is 6.61 Å². The molecule has 0 bridgehead atoms. The van der Waals surface area contributed by atoms with Gasteiger partial charge in [0.05, 0.1) is 6.61 Å². The molecule has 0 aliphatic heterocycles. The van der Waals surface area contributed by atoms with E-state index in [2.05, 4.69) is 168 Å². The molecule has 0 aliphatic carbocycles. The molecule has 0 amide bonds. The van der Waals surface area contributed by atoms with Crippen LogP contribution in [0.15, 0.2) is 24.3 Å². The molecular formula is C40H68NO3P. The van der Waals surface area contributed by atoms with Gasteiger partial charge in [0.15, 0.2) is 0 Å². The van der Waals surface area contributed by atoms with Crippen molar-refractivity contribution in [3.05, 3.63) is 57.6 Å². The zero-order valence-electron chi connectivity index (χ0n) is 32.8. The summed E-state index contributed by atoms with van der Waals surface area (Å²) in [5.41, 5.74) is 6.75. The second-order valence-electron chi connectivity index (χ2n) is 19.3. The minimum atomic E-state index is -1.80. The molecule has 256 valence electrons. The highest BCUT2D eigenvalue weighted by molar-refractivity contribution is 7.42. The third-order valence-electron chi connectivity index (χ3n) is 8.21. The largest absolute Gasteiger partial charge is 0.463 e. The first-order valence-electron chi connectivity index (χ1n) is 16.8. The van der Waals surface area contributed by atoms with Crippen LogP contribution in [0, 0.1) is 0 Å². The molecule has 0 fully saturated rings. The average Bonchev–Trinajstić information content (AvgIpc) is 2.79. The van der Waals surface area contributed by atoms with Gasteiger partial charge in [-0.05, 0) is 57.7 Å². The van der Waals surface area contributed by atoms with Gasteiger partial charge in [0.25, 0.3) is 0 Å². The first-order valence-corrected chi connectivity index (χ1v) is 17.9. The summed E-state index contributed by atoms with van der Waals surface area (Å²) in [6.07, 6.45) is 0. The van der Waals surface area contributed by atoms with E-state index >= 15 is 0 Å². The summed E-state index contributed by atoms with van der Waals surface area (Å²) in [7, 11) is 2.33. The SMILES string of the molecule is CN(C)CCOP(Oc1c(C(C)(C)C)cc(C(C)(C)C)cc1C(C)(C)C)Oc1c(C(C)(C)C)cc(C(C)(C)C)cc1C(C)(C)C. The van der Waals surface area contributed by atoms with Crippen molar-refractivity contribution in [1.82, 2.24) is 4.90 Å². The van der Waals surface area contributed by atoms with Crippen LogP contribution in [0.3, 0.4) is 0 Å². The number of hydrogen-bond acceptors (Lipinski definition) is 4. The first-order chi connectivity index (χ1) is 19.9. The molecule has 0 radical (unpaired) electrons. The summed E-state index contributed by atoms with van der Waals surface area (Å²) in [6.45, 7) is 42.2. The fraction of sp³-hybridized carbons (Fsp3) is 0.700. The fourth-order valence-electron chi connectivity index (χ4n) is 5.07. The number of rotatable bonds is 8. The topological polar surface area (TPSA) is 30.9 Å². The molecule has 4 nitrogen and oxygen atoms in total. The van der Waals surface area contributed by atoms with Gasteiger partial charge in [-0.25, -0.2) is 0 Å². The molecule has 0 N–H and O–H groups in total. The Balaban J connectivity index is 2.94. The van der Waals surface area contributed by atoms with E-state index in [1.807, 2.05) is 0 Å². The number of hydrogen-bond donors (Lipinski definition) is 0. The molecule has 0 atom stereocenters. The van der Waals surface area contributed by atoms with E-state index in [4.69, 9.17) is 13.6 Å². The lowest BCUT2D eigenvalue weighted by Crippen LogP contribution is -2.24. The second kappa shape index (κ2) is 13.5. The predicted molar refractivity (Wildman–Crippen MR) is 198 cm³/mol. The van der Waals surface area contributed by atoms with E-state index < -0.39 is 8.60 Å². The lowest BCUT2D eigenvalue weighted by atomic mass is 9.75. The van der Waals surface area contributed by atoms with Crippen molar-refractivity contribution in [3.63, 3.8) is 0 Å². The van der Waals surface area contributed by atoms with Crippen molar-refractivity contribution in [2.24, 2.45) is 0 Å². The van der Waals surface area contributed by atoms with Gasteiger partial charge >= 0.3 is 8.60 Å². The maximum absolute atomic E-state index is 7.12. The van der Waals surface area contributed by atoms with Crippen LogP contribution < -0.4 is 9.05 Å². The van der Waals surface area contributed by atoms with Crippen LogP contribution in [0.1, 0.15) is 158 Å². The molecule has 45 heavy (non-hydrogen) atoms. The van der Waals surface area contributed by atoms with Gasteiger partial charge in [-0.1, -0.05) is 149 Å². The summed E-state index contributed by atoms with van der Waals surface area (Å²) in [6, 6.07) is 9.38. The third-order valence-corrected chi connectivity index (χ3v) is 9.27. The highest BCUT2D eigenvalue weighted by Gasteiger charge is 2.36. The van der Waals surface area contributed by atoms with Crippen molar-refractivity contribution in [2.75, 3.05) is 27.2 Å². The molecular weight excluding hydrogens is 573 g/mol. The smallest absolute Gasteiger partial charge is 0.417 e. The third kappa shape index (κ3) is 10.7. The quantitative estimate of drug-likeness (QED) is 0.268. The Morgan fingerprint density at radius 2 is 0.733 bits per heavy atom. The number of nitrogens with zero attached hydrogens (tertiary/aromatic N) is 1. The Labute approximate surface area is 280 Å². The van der Waals surface area contributed by atoms with Crippen LogP contribution >= 0.6 is 8.60 Å². The zero-order valence-corrected chi connectivity index (χ0v) is 33.7. The molecule has 0 aromatic heterocycles. The molecule has 5 heteroatoms. The summed E-state index contributed by atoms with van der Waals surface area (Å²) in [4.78, 5) is 2.13. The summed E-state index contributed by atoms with van der Waals surface area (Å²) in [5.74, 6) is 1.78. The molecule has 2 rings (SSSR count). The minimum absolute atomic E-state index is 0.00000411. The van der Waals surface area contributed by atoms with Crippen molar-refractivity contribution < 1.29 is 13.6 Å². The zero-order chi connectivity index (χ0) is 35.1. The Bertz CT molecular complexity index is 1130. The Morgan fingerprint density at radius 3 is 0.933 bits per heavy atom. The average molecular weight is 642 g/mol. The maximum Gasteiger partial charge on any atom is 0.463 e. The molecule has 0 saturated heterocycles. The highest BCUT2D eigenvalue weighted by Crippen LogP contribution is 2.53. The van der Waals surface area contributed by atoms with E-state index in [-0.39, 0.29) is 32.5 Å². The van der Waals surface area contributed by atoms with Crippen LogP contribution in [0.5, 0.6) is 11.5 Å². The van der Waals surface area contributed by atoms with Gasteiger partial charge in [0.2, 0.25) is 0 Å². The molecule has 0 saturated carbocycles. The molecule has 0 spiro atoms. The van der Waals surface area contributed by atoms with Crippen molar-refractivity contribution in [2.45, 2.75) is 157 Å². The Kier molecular flexibility index (Phi) is 11.9. The van der Waals surface area contributed by atoms with Gasteiger partial charge < -0.3 is 13.9 Å². The van der Waals surface area contributed by atoms with Crippen molar-refractivity contribution >= 4 is 8.60 Å². The van der Waals surface area contributed by atoms with E-state index in [9.17, 15) is 0 Å². The van der Waals surface area contributed by atoms with Crippen LogP contribution in [0.2, 0.25) is 0 Å². The standard InChI is InChI=1S/C40H68NO3P/c1-35(2,3)27-23-29(37(7,8)9)33(30(24-27)38(10,11)12)43-45(42-22-21-41(19)20)44-34-31(39(13,14)15)25-28(36(4,5)6)26-32(34)40(16,17)18/h23-26H,21-22H2,1-20H3. The van der Waals surface area contributed by atoms with Gasteiger partial charge in [0, 0.05) is 28.8 Å². The van der Waals surface area contributed by atoms with E-state index in [1.54, 1.807) is 0 Å². The van der Waals surface area contributed by atoms with E-state index in [1.165, 1.54) is 33.4 Å². The molecule has 0 unspecified atom stereocenters. The summed E-state index contributed by atoms with van der Waals surface area (Å²) < 4.78 is 20.8. The van der Waals surface area contributed by atoms with Gasteiger partial charge in [-0.2, -0.15) is 0 Å². The first kappa shape index (κ1) is 39.6. The van der Waals surface area contributed by atoms with Gasteiger partial charge in [-0.15, -0.1) is 0 Å². The lowest BCUT2D eigenvalue weighted by molar-refractivity contribution is 0.229. The predicted octanol–water partition coefficient (Wildman–Crippen LogP) is 11.7. The van der Waals surface area contributed by atoms with Crippen molar-refractivity contribution in [1.29, 1.82) is 0 Å². The molecule has 2 aromatic carbocycles. The Morgan fingerprint density at radius 1 is 0.467 bits per heavy atom. The van der Waals surface area contributed by atoms with Crippen molar-refractivity contribution in [3.8, 4) is 11.5 Å². The lowest BCUT2D eigenvalue weighted by Gasteiger charge is -2.35. The fourth-order valence-corrected chi connectivity index (χ4v) is 6.13. The monoisotopic (exact) mass is 641 g/mol. The van der Waals surface area contributed by atoms with E-state index in [0.717, 1.165) is 18.0 Å². The molecule has 0 aliphatic rings.